The Labute approximate surface area is 116 Å². The Morgan fingerprint density at radius 2 is 1.90 bits per heavy atom. The van der Waals surface area contributed by atoms with Gasteiger partial charge in [-0.25, -0.2) is 4.39 Å². The quantitative estimate of drug-likeness (QED) is 0.875. The minimum atomic E-state index is -0.264. The highest BCUT2D eigenvalue weighted by atomic mass is 19.1. The zero-order valence-corrected chi connectivity index (χ0v) is 11.1. The molecule has 0 aliphatic rings. The number of aromatic nitrogens is 2. The molecule has 2 aromatic rings. The fourth-order valence-corrected chi connectivity index (χ4v) is 1.59. The van der Waals surface area contributed by atoms with Gasteiger partial charge < -0.3 is 10.6 Å². The van der Waals surface area contributed by atoms with Crippen LogP contribution in [0, 0.1) is 5.82 Å². The van der Waals surface area contributed by atoms with E-state index in [4.69, 9.17) is 0 Å². The van der Waals surface area contributed by atoms with E-state index >= 15 is 0 Å². The first-order chi connectivity index (χ1) is 9.69. The zero-order chi connectivity index (χ0) is 14.4. The van der Waals surface area contributed by atoms with Crippen molar-refractivity contribution in [3.8, 4) is 0 Å². The Morgan fingerprint density at radius 3 is 2.50 bits per heavy atom. The Morgan fingerprint density at radius 1 is 1.15 bits per heavy atom. The minimum Gasteiger partial charge on any atom is -0.365 e. The number of carbonyl (C=O) groups is 1. The van der Waals surface area contributed by atoms with Gasteiger partial charge in [-0.2, -0.15) is 0 Å². The molecule has 20 heavy (non-hydrogen) atoms. The number of rotatable bonds is 5. The number of halogens is 1. The molecule has 0 saturated heterocycles. The van der Waals surface area contributed by atoms with Crippen LogP contribution in [0.5, 0.6) is 0 Å². The Kier molecular flexibility index (Phi) is 4.60. The van der Waals surface area contributed by atoms with E-state index in [-0.39, 0.29) is 17.4 Å². The molecule has 1 heterocycles. The minimum absolute atomic E-state index is 0.245. The average Bonchev–Trinajstić information content (AvgIpc) is 2.47. The first kappa shape index (κ1) is 13.9. The molecular formula is C14H15FN4O. The molecule has 0 radical (unpaired) electrons. The third kappa shape index (κ3) is 3.74. The van der Waals surface area contributed by atoms with Gasteiger partial charge in [0.15, 0.2) is 5.69 Å². The third-order valence-corrected chi connectivity index (χ3v) is 2.62. The Balaban J connectivity index is 1.93. The maximum atomic E-state index is 12.8. The molecule has 0 unspecified atom stereocenters. The van der Waals surface area contributed by atoms with Crippen molar-refractivity contribution >= 4 is 11.7 Å². The summed E-state index contributed by atoms with van der Waals surface area (Å²) in [6.07, 6.45) is 0. The lowest BCUT2D eigenvalue weighted by atomic mass is 10.2. The van der Waals surface area contributed by atoms with Gasteiger partial charge in [0.2, 0.25) is 0 Å². The maximum Gasteiger partial charge on any atom is 0.271 e. The molecule has 1 aromatic carbocycles. The molecule has 0 aliphatic heterocycles. The molecule has 5 nitrogen and oxygen atoms in total. The van der Waals surface area contributed by atoms with Gasteiger partial charge in [-0.05, 0) is 36.8 Å². The van der Waals surface area contributed by atoms with E-state index in [9.17, 15) is 9.18 Å². The second-order valence-electron chi connectivity index (χ2n) is 4.14. The van der Waals surface area contributed by atoms with Gasteiger partial charge in [0.05, 0.1) is 0 Å². The van der Waals surface area contributed by atoms with Gasteiger partial charge >= 0.3 is 0 Å². The summed E-state index contributed by atoms with van der Waals surface area (Å²) in [6, 6.07) is 9.48. The Bertz CT molecular complexity index is 569. The van der Waals surface area contributed by atoms with Crippen molar-refractivity contribution in [3.63, 3.8) is 0 Å². The van der Waals surface area contributed by atoms with Crippen LogP contribution in [-0.4, -0.2) is 22.6 Å². The molecule has 0 atom stereocenters. The summed E-state index contributed by atoms with van der Waals surface area (Å²) in [7, 11) is 0. The first-order valence-corrected chi connectivity index (χ1v) is 6.29. The molecule has 0 spiro atoms. The number of carbonyl (C=O) groups excluding carboxylic acids is 1. The maximum absolute atomic E-state index is 12.8. The molecule has 0 aliphatic carbocycles. The van der Waals surface area contributed by atoms with Crippen LogP contribution in [0.25, 0.3) is 0 Å². The highest BCUT2D eigenvalue weighted by Gasteiger charge is 2.06. The smallest absolute Gasteiger partial charge is 0.271 e. The number of amides is 1. The number of nitrogens with one attached hydrogen (secondary N) is 2. The molecule has 104 valence electrons. The van der Waals surface area contributed by atoms with Crippen molar-refractivity contribution in [2.75, 3.05) is 11.9 Å². The van der Waals surface area contributed by atoms with E-state index in [1.165, 1.54) is 12.1 Å². The van der Waals surface area contributed by atoms with Crippen molar-refractivity contribution in [3.05, 3.63) is 53.5 Å². The topological polar surface area (TPSA) is 66.9 Å². The SMILES string of the molecule is CCNC(=O)c1ccc(NCc2ccc(F)cc2)nn1. The second kappa shape index (κ2) is 6.60. The van der Waals surface area contributed by atoms with Crippen molar-refractivity contribution in [1.29, 1.82) is 0 Å². The van der Waals surface area contributed by atoms with Gasteiger partial charge in [-0.1, -0.05) is 12.1 Å². The van der Waals surface area contributed by atoms with Gasteiger partial charge in [0.25, 0.3) is 5.91 Å². The molecule has 0 fully saturated rings. The van der Waals surface area contributed by atoms with E-state index in [1.807, 2.05) is 6.92 Å². The number of hydrogen-bond acceptors (Lipinski definition) is 4. The van der Waals surface area contributed by atoms with E-state index in [0.29, 0.717) is 18.9 Å². The fraction of sp³-hybridized carbons (Fsp3) is 0.214. The van der Waals surface area contributed by atoms with Gasteiger partial charge in [0.1, 0.15) is 11.6 Å². The highest BCUT2D eigenvalue weighted by molar-refractivity contribution is 5.92. The van der Waals surface area contributed by atoms with Crippen molar-refractivity contribution < 1.29 is 9.18 Å². The standard InChI is InChI=1S/C14H15FN4O/c1-2-16-14(20)12-7-8-13(19-18-12)17-9-10-3-5-11(15)6-4-10/h3-8H,2,9H2,1H3,(H,16,20)(H,17,19). The van der Waals surface area contributed by atoms with Crippen LogP contribution < -0.4 is 10.6 Å². The number of benzene rings is 1. The van der Waals surface area contributed by atoms with Crippen LogP contribution in [0.15, 0.2) is 36.4 Å². The lowest BCUT2D eigenvalue weighted by Gasteiger charge is -2.06. The monoisotopic (exact) mass is 274 g/mol. The number of hydrogen-bond donors (Lipinski definition) is 2. The largest absolute Gasteiger partial charge is 0.365 e. The highest BCUT2D eigenvalue weighted by Crippen LogP contribution is 2.07. The van der Waals surface area contributed by atoms with Gasteiger partial charge in [0, 0.05) is 13.1 Å². The number of nitrogens with zero attached hydrogens (tertiary/aromatic N) is 2. The van der Waals surface area contributed by atoms with Crippen LogP contribution in [0.3, 0.4) is 0 Å². The van der Waals surface area contributed by atoms with E-state index in [0.717, 1.165) is 5.56 Å². The van der Waals surface area contributed by atoms with Crippen molar-refractivity contribution in [2.24, 2.45) is 0 Å². The summed E-state index contributed by atoms with van der Waals surface area (Å²) in [6.45, 7) is 2.89. The normalized spacial score (nSPS) is 10.1. The lowest BCUT2D eigenvalue weighted by Crippen LogP contribution is -2.24. The predicted octanol–water partition coefficient (Wildman–Crippen LogP) is 1.98. The third-order valence-electron chi connectivity index (χ3n) is 2.62. The zero-order valence-electron chi connectivity index (χ0n) is 11.1. The van der Waals surface area contributed by atoms with Crippen LogP contribution in [0.2, 0.25) is 0 Å². The van der Waals surface area contributed by atoms with E-state index < -0.39 is 0 Å². The van der Waals surface area contributed by atoms with E-state index in [2.05, 4.69) is 20.8 Å². The van der Waals surface area contributed by atoms with Crippen LogP contribution in [0.4, 0.5) is 10.2 Å². The van der Waals surface area contributed by atoms with Gasteiger partial charge in [-0.3, -0.25) is 4.79 Å². The molecular weight excluding hydrogens is 259 g/mol. The summed E-state index contributed by atoms with van der Waals surface area (Å²) < 4.78 is 12.8. The number of anilines is 1. The molecule has 2 N–H and O–H groups in total. The molecule has 0 saturated carbocycles. The summed E-state index contributed by atoms with van der Waals surface area (Å²) in [5, 5.41) is 13.5. The predicted molar refractivity (Wildman–Crippen MR) is 73.8 cm³/mol. The van der Waals surface area contributed by atoms with Crippen molar-refractivity contribution in [1.82, 2.24) is 15.5 Å². The first-order valence-electron chi connectivity index (χ1n) is 6.29. The van der Waals surface area contributed by atoms with Gasteiger partial charge in [-0.15, -0.1) is 10.2 Å². The summed E-state index contributed by atoms with van der Waals surface area (Å²) in [5.74, 6) is 0.0484. The van der Waals surface area contributed by atoms with Crippen LogP contribution >= 0.6 is 0 Å². The molecule has 0 bridgehead atoms. The van der Waals surface area contributed by atoms with E-state index in [1.54, 1.807) is 24.3 Å². The summed E-state index contributed by atoms with van der Waals surface area (Å²) >= 11 is 0. The summed E-state index contributed by atoms with van der Waals surface area (Å²) in [4.78, 5) is 11.5. The fourth-order valence-electron chi connectivity index (χ4n) is 1.59. The average molecular weight is 274 g/mol. The second-order valence-corrected chi connectivity index (χ2v) is 4.14. The van der Waals surface area contributed by atoms with Crippen molar-refractivity contribution in [2.45, 2.75) is 13.5 Å². The molecule has 1 amide bonds. The summed E-state index contributed by atoms with van der Waals surface area (Å²) in [5.41, 5.74) is 1.21. The molecule has 2 rings (SSSR count). The lowest BCUT2D eigenvalue weighted by molar-refractivity contribution is 0.0950. The Hall–Kier alpha value is -2.50. The molecule has 1 aromatic heterocycles. The molecule has 6 heteroatoms. The van der Waals surface area contributed by atoms with Crippen LogP contribution in [0.1, 0.15) is 23.0 Å². The van der Waals surface area contributed by atoms with Crippen LogP contribution in [-0.2, 0) is 6.54 Å².